The van der Waals surface area contributed by atoms with Crippen LogP contribution in [0.3, 0.4) is 0 Å². The lowest BCUT2D eigenvalue weighted by molar-refractivity contribution is -0.147. The minimum atomic E-state index is -0.538. The molecule has 0 aliphatic heterocycles. The van der Waals surface area contributed by atoms with E-state index in [1.54, 1.807) is 30.3 Å². The van der Waals surface area contributed by atoms with E-state index in [1.165, 1.54) is 11.8 Å². The van der Waals surface area contributed by atoms with Gasteiger partial charge in [0.2, 0.25) is 0 Å². The molecule has 0 spiro atoms. The van der Waals surface area contributed by atoms with E-state index in [1.807, 2.05) is 24.5 Å². The topological polar surface area (TPSA) is 101 Å². The van der Waals surface area contributed by atoms with Gasteiger partial charge in [-0.3, -0.25) is 14.4 Å². The zero-order valence-corrected chi connectivity index (χ0v) is 16.0. The fraction of sp³-hybridized carbons (Fsp3) is 0.200. The van der Waals surface area contributed by atoms with Gasteiger partial charge in [-0.25, -0.2) is 4.98 Å². The van der Waals surface area contributed by atoms with Crippen LogP contribution in [0, 0.1) is 0 Å². The highest BCUT2D eigenvalue weighted by Gasteiger charge is 2.11. The van der Waals surface area contributed by atoms with E-state index in [9.17, 15) is 14.4 Å². The third kappa shape index (κ3) is 4.98. The molecule has 0 bridgehead atoms. The van der Waals surface area contributed by atoms with Crippen molar-refractivity contribution in [2.45, 2.75) is 17.7 Å². The number of rotatable bonds is 7. The van der Waals surface area contributed by atoms with Gasteiger partial charge in [0.1, 0.15) is 5.82 Å². The standard InChI is InChI=1S/C20H19N3O4S/c1-28-16-9-5-4-8-15(16)22-18(24)12-27-19(25)11-10-17-21-14-7-3-2-6-13(14)20(26)23-17/h2-9H,10-12H2,1H3,(H,22,24)(H,21,23,26). The van der Waals surface area contributed by atoms with Crippen molar-refractivity contribution in [3.63, 3.8) is 0 Å². The molecule has 0 aliphatic carbocycles. The number of benzene rings is 2. The molecule has 2 N–H and O–H groups in total. The second-order valence-corrected chi connectivity index (χ2v) is 6.79. The summed E-state index contributed by atoms with van der Waals surface area (Å²) in [4.78, 5) is 43.8. The zero-order chi connectivity index (χ0) is 19.9. The number of nitrogens with one attached hydrogen (secondary N) is 2. The number of amides is 1. The highest BCUT2D eigenvalue weighted by atomic mass is 32.2. The molecule has 0 atom stereocenters. The van der Waals surface area contributed by atoms with Crippen LogP contribution in [-0.2, 0) is 20.7 Å². The van der Waals surface area contributed by atoms with Gasteiger partial charge in [-0.05, 0) is 30.5 Å². The van der Waals surface area contributed by atoms with Gasteiger partial charge in [0, 0.05) is 11.3 Å². The summed E-state index contributed by atoms with van der Waals surface area (Å²) in [5.41, 5.74) is 0.997. The smallest absolute Gasteiger partial charge is 0.306 e. The molecular formula is C20H19N3O4S. The lowest BCUT2D eigenvalue weighted by atomic mass is 10.2. The Kier molecular flexibility index (Phi) is 6.44. The summed E-state index contributed by atoms with van der Waals surface area (Å²) in [5.74, 6) is -0.546. The molecule has 0 saturated heterocycles. The van der Waals surface area contributed by atoms with Gasteiger partial charge in [-0.2, -0.15) is 0 Å². The van der Waals surface area contributed by atoms with Crippen molar-refractivity contribution < 1.29 is 14.3 Å². The number of hydrogen-bond donors (Lipinski definition) is 2. The van der Waals surface area contributed by atoms with Gasteiger partial charge in [-0.15, -0.1) is 11.8 Å². The SMILES string of the molecule is CSc1ccccc1NC(=O)COC(=O)CCc1nc2ccccc2c(=O)[nH]1. The maximum atomic E-state index is 12.0. The fourth-order valence-corrected chi connectivity index (χ4v) is 3.18. The monoisotopic (exact) mass is 397 g/mol. The second kappa shape index (κ2) is 9.18. The number of fused-ring (bicyclic) bond motifs is 1. The lowest BCUT2D eigenvalue weighted by Gasteiger charge is -2.09. The number of nitrogens with zero attached hydrogens (tertiary/aromatic N) is 1. The number of esters is 1. The molecule has 0 saturated carbocycles. The molecule has 2 aromatic carbocycles. The van der Waals surface area contributed by atoms with Crippen molar-refractivity contribution in [3.8, 4) is 0 Å². The molecule has 7 nitrogen and oxygen atoms in total. The summed E-state index contributed by atoms with van der Waals surface area (Å²) in [7, 11) is 0. The molecule has 0 radical (unpaired) electrons. The molecule has 1 heterocycles. The molecule has 3 aromatic rings. The van der Waals surface area contributed by atoms with Crippen LogP contribution in [0.5, 0.6) is 0 Å². The number of aryl methyl sites for hydroxylation is 1. The van der Waals surface area contributed by atoms with E-state index in [0.29, 0.717) is 22.4 Å². The van der Waals surface area contributed by atoms with Crippen LogP contribution >= 0.6 is 11.8 Å². The Morgan fingerprint density at radius 3 is 2.71 bits per heavy atom. The highest BCUT2D eigenvalue weighted by molar-refractivity contribution is 7.98. The van der Waals surface area contributed by atoms with Gasteiger partial charge in [-0.1, -0.05) is 24.3 Å². The van der Waals surface area contributed by atoms with E-state index in [0.717, 1.165) is 4.90 Å². The Morgan fingerprint density at radius 2 is 1.89 bits per heavy atom. The first-order valence-corrected chi connectivity index (χ1v) is 9.85. The average Bonchev–Trinajstić information content (AvgIpc) is 2.71. The number of carbonyl (C=O) groups is 2. The second-order valence-electron chi connectivity index (χ2n) is 5.94. The van der Waals surface area contributed by atoms with Crippen molar-refractivity contribution >= 4 is 40.2 Å². The van der Waals surface area contributed by atoms with Crippen LogP contribution in [0.25, 0.3) is 10.9 Å². The minimum Gasteiger partial charge on any atom is -0.456 e. The number of carbonyl (C=O) groups excluding carboxylic acids is 2. The van der Waals surface area contributed by atoms with Gasteiger partial charge in [0.25, 0.3) is 11.5 Å². The summed E-state index contributed by atoms with van der Waals surface area (Å²) in [6.45, 7) is -0.372. The minimum absolute atomic E-state index is 0.00988. The summed E-state index contributed by atoms with van der Waals surface area (Å²) in [5, 5.41) is 3.22. The maximum absolute atomic E-state index is 12.0. The van der Waals surface area contributed by atoms with Crippen LogP contribution < -0.4 is 10.9 Å². The molecule has 0 unspecified atom stereocenters. The van der Waals surface area contributed by atoms with Gasteiger partial charge >= 0.3 is 5.97 Å². The third-order valence-electron chi connectivity index (χ3n) is 3.97. The highest BCUT2D eigenvalue weighted by Crippen LogP contribution is 2.24. The summed E-state index contributed by atoms with van der Waals surface area (Å²) >= 11 is 1.51. The van der Waals surface area contributed by atoms with Crippen LogP contribution in [-0.4, -0.2) is 34.7 Å². The maximum Gasteiger partial charge on any atom is 0.306 e. The fourth-order valence-electron chi connectivity index (χ4n) is 2.63. The van der Waals surface area contributed by atoms with E-state index < -0.39 is 11.9 Å². The van der Waals surface area contributed by atoms with Gasteiger partial charge in [0.15, 0.2) is 6.61 Å². The third-order valence-corrected chi connectivity index (χ3v) is 4.77. The Labute approximate surface area is 165 Å². The van der Waals surface area contributed by atoms with Gasteiger partial charge in [0.05, 0.1) is 23.0 Å². The van der Waals surface area contributed by atoms with Crippen LogP contribution in [0.4, 0.5) is 5.69 Å². The quantitative estimate of drug-likeness (QED) is 0.470. The molecule has 144 valence electrons. The van der Waals surface area contributed by atoms with Crippen molar-refractivity contribution in [2.75, 3.05) is 18.2 Å². The number of aromatic nitrogens is 2. The largest absolute Gasteiger partial charge is 0.456 e. The predicted molar refractivity (Wildman–Crippen MR) is 108 cm³/mol. The van der Waals surface area contributed by atoms with E-state index in [2.05, 4.69) is 15.3 Å². The number of aromatic amines is 1. The van der Waals surface area contributed by atoms with Crippen molar-refractivity contribution in [3.05, 3.63) is 64.7 Å². The number of hydrogen-bond acceptors (Lipinski definition) is 6. The summed E-state index contributed by atoms with van der Waals surface area (Å²) in [6.07, 6.45) is 2.14. The molecule has 1 aromatic heterocycles. The first-order valence-electron chi connectivity index (χ1n) is 8.63. The van der Waals surface area contributed by atoms with Gasteiger partial charge < -0.3 is 15.0 Å². The number of para-hydroxylation sites is 2. The van der Waals surface area contributed by atoms with E-state index in [-0.39, 0.29) is 25.0 Å². The molecule has 0 aliphatic rings. The van der Waals surface area contributed by atoms with Crippen LogP contribution in [0.2, 0.25) is 0 Å². The Balaban J connectivity index is 1.51. The van der Waals surface area contributed by atoms with Crippen molar-refractivity contribution in [2.24, 2.45) is 0 Å². The number of anilines is 1. The molecule has 28 heavy (non-hydrogen) atoms. The molecule has 0 fully saturated rings. The van der Waals surface area contributed by atoms with Crippen LogP contribution in [0.1, 0.15) is 12.2 Å². The normalized spacial score (nSPS) is 10.6. The number of thioether (sulfide) groups is 1. The predicted octanol–water partition coefficient (Wildman–Crippen LogP) is 2.76. The number of ether oxygens (including phenoxy) is 1. The lowest BCUT2D eigenvalue weighted by Crippen LogP contribution is -2.21. The zero-order valence-electron chi connectivity index (χ0n) is 15.2. The van der Waals surface area contributed by atoms with Crippen molar-refractivity contribution in [1.82, 2.24) is 9.97 Å². The molecule has 8 heteroatoms. The van der Waals surface area contributed by atoms with Crippen LogP contribution in [0.15, 0.2) is 58.2 Å². The number of H-pyrrole nitrogens is 1. The Hall–Kier alpha value is -3.13. The molecule has 1 amide bonds. The Morgan fingerprint density at radius 1 is 1.14 bits per heavy atom. The first-order chi connectivity index (χ1) is 13.6. The summed E-state index contributed by atoms with van der Waals surface area (Å²) < 4.78 is 5.01. The molecule has 3 rings (SSSR count). The van der Waals surface area contributed by atoms with E-state index >= 15 is 0 Å². The molecular weight excluding hydrogens is 378 g/mol. The van der Waals surface area contributed by atoms with E-state index in [4.69, 9.17) is 4.74 Å². The Bertz CT molecular complexity index is 1060. The van der Waals surface area contributed by atoms with Crippen molar-refractivity contribution in [1.29, 1.82) is 0 Å². The first kappa shape index (κ1) is 19.6. The summed E-state index contributed by atoms with van der Waals surface area (Å²) in [6, 6.07) is 14.4. The average molecular weight is 397 g/mol.